The highest BCUT2D eigenvalue weighted by Crippen LogP contribution is 2.22. The Morgan fingerprint density at radius 1 is 1.17 bits per heavy atom. The predicted octanol–water partition coefficient (Wildman–Crippen LogP) is 3.73. The first-order chi connectivity index (χ1) is 8.63. The van der Waals surface area contributed by atoms with Gasteiger partial charge in [-0.3, -0.25) is 0 Å². The molecule has 0 radical (unpaired) electrons. The molecule has 0 fully saturated rings. The van der Waals surface area contributed by atoms with Gasteiger partial charge >= 0.3 is 0 Å². The minimum absolute atomic E-state index is 0.643. The molecule has 0 aromatic heterocycles. The average Bonchev–Trinajstić information content (AvgIpc) is 2.38. The molecule has 0 aliphatic rings. The second-order valence-corrected chi connectivity index (χ2v) is 4.97. The van der Waals surface area contributed by atoms with Gasteiger partial charge in [-0.15, -0.1) is 0 Å². The van der Waals surface area contributed by atoms with E-state index >= 15 is 0 Å². The van der Waals surface area contributed by atoms with E-state index in [4.69, 9.17) is 0 Å². The van der Waals surface area contributed by atoms with Gasteiger partial charge in [0.2, 0.25) is 0 Å². The van der Waals surface area contributed by atoms with E-state index in [1.165, 1.54) is 29.7 Å². The number of rotatable bonds is 7. The van der Waals surface area contributed by atoms with Gasteiger partial charge in [0, 0.05) is 25.3 Å². The summed E-state index contributed by atoms with van der Waals surface area (Å²) in [6.07, 6.45) is 2.40. The molecule has 0 amide bonds. The summed E-state index contributed by atoms with van der Waals surface area (Å²) in [5.41, 5.74) is 4.12. The van der Waals surface area contributed by atoms with Crippen molar-refractivity contribution in [3.05, 3.63) is 29.3 Å². The van der Waals surface area contributed by atoms with Gasteiger partial charge < -0.3 is 10.2 Å². The zero-order valence-corrected chi connectivity index (χ0v) is 12.6. The molecule has 0 bridgehead atoms. The molecular formula is C16H28N2. The van der Waals surface area contributed by atoms with E-state index in [0.717, 1.165) is 13.1 Å². The van der Waals surface area contributed by atoms with Crippen molar-refractivity contribution in [1.29, 1.82) is 0 Å². The van der Waals surface area contributed by atoms with Gasteiger partial charge in [0.1, 0.15) is 0 Å². The van der Waals surface area contributed by atoms with E-state index in [1.807, 2.05) is 0 Å². The zero-order valence-electron chi connectivity index (χ0n) is 12.6. The van der Waals surface area contributed by atoms with E-state index in [2.05, 4.69) is 63.2 Å². The van der Waals surface area contributed by atoms with Gasteiger partial charge in [0.25, 0.3) is 0 Å². The highest BCUT2D eigenvalue weighted by molar-refractivity contribution is 5.51. The molecule has 0 unspecified atom stereocenters. The number of nitrogens with zero attached hydrogens (tertiary/aromatic N) is 1. The summed E-state index contributed by atoms with van der Waals surface area (Å²) in [7, 11) is 2.20. The molecule has 18 heavy (non-hydrogen) atoms. The second-order valence-electron chi connectivity index (χ2n) is 4.97. The van der Waals surface area contributed by atoms with Crippen molar-refractivity contribution in [3.63, 3.8) is 0 Å². The number of anilines is 1. The summed E-state index contributed by atoms with van der Waals surface area (Å²) in [5.74, 6) is 0. The van der Waals surface area contributed by atoms with Gasteiger partial charge in [-0.1, -0.05) is 26.8 Å². The summed E-state index contributed by atoms with van der Waals surface area (Å²) >= 11 is 0. The quantitative estimate of drug-likeness (QED) is 0.791. The lowest BCUT2D eigenvalue weighted by molar-refractivity contribution is 0.591. The smallest absolute Gasteiger partial charge is 0.0368 e. The Balaban J connectivity index is 2.82. The van der Waals surface area contributed by atoms with Gasteiger partial charge in [0.15, 0.2) is 0 Å². The average molecular weight is 248 g/mol. The van der Waals surface area contributed by atoms with Crippen LogP contribution in [0.5, 0.6) is 0 Å². The summed E-state index contributed by atoms with van der Waals surface area (Å²) in [6.45, 7) is 10.9. The predicted molar refractivity (Wildman–Crippen MR) is 81.3 cm³/mol. The van der Waals surface area contributed by atoms with Crippen LogP contribution in [-0.4, -0.2) is 19.6 Å². The first-order valence-electron chi connectivity index (χ1n) is 7.17. The number of hydrogen-bond acceptors (Lipinski definition) is 2. The van der Waals surface area contributed by atoms with Gasteiger partial charge in [0.05, 0.1) is 0 Å². The van der Waals surface area contributed by atoms with Crippen molar-refractivity contribution in [2.24, 2.45) is 0 Å². The molecule has 1 aromatic carbocycles. The van der Waals surface area contributed by atoms with Crippen LogP contribution in [0.1, 0.15) is 44.7 Å². The lowest BCUT2D eigenvalue weighted by Crippen LogP contribution is -2.30. The molecule has 1 aromatic rings. The third kappa shape index (κ3) is 3.74. The molecular weight excluding hydrogens is 220 g/mol. The Bertz CT molecular complexity index is 356. The third-order valence-electron chi connectivity index (χ3n) is 3.79. The van der Waals surface area contributed by atoms with Crippen molar-refractivity contribution >= 4 is 5.69 Å². The number of benzene rings is 1. The number of aryl methyl sites for hydroxylation is 1. The van der Waals surface area contributed by atoms with Crippen LogP contribution in [0, 0.1) is 6.92 Å². The van der Waals surface area contributed by atoms with Crippen LogP contribution >= 0.6 is 0 Å². The Morgan fingerprint density at radius 3 is 2.33 bits per heavy atom. The molecule has 0 aliphatic carbocycles. The minimum atomic E-state index is 0.643. The van der Waals surface area contributed by atoms with Crippen molar-refractivity contribution in [2.45, 2.75) is 53.1 Å². The molecule has 0 heterocycles. The summed E-state index contributed by atoms with van der Waals surface area (Å²) in [5, 5.41) is 3.39. The lowest BCUT2D eigenvalue weighted by Gasteiger charge is -2.29. The molecule has 0 saturated carbocycles. The number of nitrogens with one attached hydrogen (secondary N) is 1. The maximum Gasteiger partial charge on any atom is 0.0368 e. The fourth-order valence-electron chi connectivity index (χ4n) is 2.40. The van der Waals surface area contributed by atoms with Crippen LogP contribution in [0.4, 0.5) is 5.69 Å². The van der Waals surface area contributed by atoms with Gasteiger partial charge in [-0.2, -0.15) is 0 Å². The Morgan fingerprint density at radius 2 is 1.83 bits per heavy atom. The Kier molecular flexibility index (Phi) is 6.20. The summed E-state index contributed by atoms with van der Waals surface area (Å²) in [6, 6.07) is 7.46. The molecule has 2 heteroatoms. The van der Waals surface area contributed by atoms with Gasteiger partial charge in [-0.05, 0) is 49.6 Å². The Labute approximate surface area is 112 Å². The van der Waals surface area contributed by atoms with Crippen LogP contribution in [-0.2, 0) is 6.54 Å². The summed E-state index contributed by atoms with van der Waals surface area (Å²) < 4.78 is 0. The molecule has 0 spiro atoms. The first kappa shape index (κ1) is 15.0. The first-order valence-corrected chi connectivity index (χ1v) is 7.17. The highest BCUT2D eigenvalue weighted by atomic mass is 15.1. The van der Waals surface area contributed by atoms with Crippen molar-refractivity contribution < 1.29 is 0 Å². The molecule has 1 N–H and O–H groups in total. The highest BCUT2D eigenvalue weighted by Gasteiger charge is 2.11. The maximum absolute atomic E-state index is 3.39. The molecule has 102 valence electrons. The third-order valence-corrected chi connectivity index (χ3v) is 3.79. The van der Waals surface area contributed by atoms with Crippen molar-refractivity contribution in [3.8, 4) is 0 Å². The Hall–Kier alpha value is -1.02. The van der Waals surface area contributed by atoms with Crippen molar-refractivity contribution in [2.75, 3.05) is 18.5 Å². The monoisotopic (exact) mass is 248 g/mol. The maximum atomic E-state index is 3.39. The van der Waals surface area contributed by atoms with Crippen LogP contribution in [0.2, 0.25) is 0 Å². The number of hydrogen-bond donors (Lipinski definition) is 1. The molecule has 1 rings (SSSR count). The molecule has 0 saturated heterocycles. The largest absolute Gasteiger partial charge is 0.372 e. The van der Waals surface area contributed by atoms with Crippen LogP contribution < -0.4 is 10.2 Å². The van der Waals surface area contributed by atoms with E-state index in [9.17, 15) is 0 Å². The fraction of sp³-hybridized carbons (Fsp3) is 0.625. The fourth-order valence-corrected chi connectivity index (χ4v) is 2.40. The van der Waals surface area contributed by atoms with Crippen LogP contribution in [0.15, 0.2) is 18.2 Å². The van der Waals surface area contributed by atoms with Crippen LogP contribution in [0.25, 0.3) is 0 Å². The summed E-state index contributed by atoms with van der Waals surface area (Å²) in [4.78, 5) is 2.41. The molecule has 2 nitrogen and oxygen atoms in total. The van der Waals surface area contributed by atoms with E-state index < -0.39 is 0 Å². The normalized spacial score (nSPS) is 11.0. The minimum Gasteiger partial charge on any atom is -0.372 e. The van der Waals surface area contributed by atoms with Gasteiger partial charge in [-0.25, -0.2) is 0 Å². The second kappa shape index (κ2) is 7.42. The standard InChI is InChI=1S/C16H28N2/c1-6-15(7-2)18(5)16-10-9-14(12-17-8-3)13(4)11-16/h9-11,15,17H,6-8,12H2,1-5H3. The van der Waals surface area contributed by atoms with E-state index in [-0.39, 0.29) is 0 Å². The SMILES string of the molecule is CCNCc1ccc(N(C)C(CC)CC)cc1C. The lowest BCUT2D eigenvalue weighted by atomic mass is 10.1. The van der Waals surface area contributed by atoms with E-state index in [1.54, 1.807) is 0 Å². The van der Waals surface area contributed by atoms with Crippen molar-refractivity contribution in [1.82, 2.24) is 5.32 Å². The van der Waals surface area contributed by atoms with Crippen LogP contribution in [0.3, 0.4) is 0 Å². The zero-order chi connectivity index (χ0) is 13.5. The van der Waals surface area contributed by atoms with E-state index in [0.29, 0.717) is 6.04 Å². The molecule has 0 aliphatic heterocycles. The molecule has 0 atom stereocenters. The topological polar surface area (TPSA) is 15.3 Å².